The Morgan fingerprint density at radius 2 is 1.75 bits per heavy atom. The Balaban J connectivity index is 1.19. The summed E-state index contributed by atoms with van der Waals surface area (Å²) >= 11 is 1.28. The Morgan fingerprint density at radius 3 is 2.55 bits per heavy atom. The number of thiazole rings is 1. The van der Waals surface area contributed by atoms with Crippen LogP contribution in [0.2, 0.25) is 0 Å². The van der Waals surface area contributed by atoms with Gasteiger partial charge in [0.15, 0.2) is 23.4 Å². The summed E-state index contributed by atoms with van der Waals surface area (Å²) in [6.45, 7) is 3.18. The maximum atomic E-state index is 13.5. The molecule has 0 saturated heterocycles. The molecule has 0 saturated carbocycles. The zero-order valence-corrected chi connectivity index (χ0v) is 25.1. The van der Waals surface area contributed by atoms with E-state index in [1.165, 1.54) is 35.1 Å². The number of ether oxygens (including phenoxy) is 3. The second-order valence-electron chi connectivity index (χ2n) is 10.6. The fourth-order valence-electron chi connectivity index (χ4n) is 5.13. The van der Waals surface area contributed by atoms with Gasteiger partial charge in [-0.25, -0.2) is 4.68 Å². The van der Waals surface area contributed by atoms with Crippen LogP contribution in [0.15, 0.2) is 89.9 Å². The lowest BCUT2D eigenvalue weighted by molar-refractivity contribution is 0.0852. The fraction of sp³-hybridized carbons (Fsp3) is 0.235. The summed E-state index contributed by atoms with van der Waals surface area (Å²) in [7, 11) is 0. The molecule has 1 aliphatic heterocycles. The highest BCUT2D eigenvalue weighted by Crippen LogP contribution is 2.35. The highest BCUT2D eigenvalue weighted by molar-refractivity contribution is 7.15. The first-order valence-corrected chi connectivity index (χ1v) is 15.7. The van der Waals surface area contributed by atoms with Gasteiger partial charge in [0.2, 0.25) is 4.96 Å². The van der Waals surface area contributed by atoms with Gasteiger partial charge in [-0.15, -0.1) is 5.10 Å². The average molecular weight is 606 g/mol. The summed E-state index contributed by atoms with van der Waals surface area (Å²) in [5.74, 6) is 2.56. The summed E-state index contributed by atoms with van der Waals surface area (Å²) in [5.41, 5.74) is 3.17. The molecule has 9 nitrogen and oxygen atoms in total. The molecule has 0 spiro atoms. The van der Waals surface area contributed by atoms with Gasteiger partial charge in [-0.2, -0.15) is 14.6 Å². The largest absolute Gasteiger partial charge is 0.494 e. The van der Waals surface area contributed by atoms with Gasteiger partial charge in [-0.3, -0.25) is 4.79 Å². The van der Waals surface area contributed by atoms with Gasteiger partial charge in [0.25, 0.3) is 5.56 Å². The lowest BCUT2D eigenvalue weighted by atomic mass is 10.1. The van der Waals surface area contributed by atoms with Crippen molar-refractivity contribution in [3.63, 3.8) is 0 Å². The van der Waals surface area contributed by atoms with E-state index >= 15 is 0 Å². The minimum Gasteiger partial charge on any atom is -0.494 e. The number of nitrogens with zero attached hydrogens (tertiary/aromatic N) is 5. The van der Waals surface area contributed by atoms with Crippen LogP contribution in [0.4, 0.5) is 0 Å². The maximum Gasteiger partial charge on any atom is 0.291 e. The summed E-state index contributed by atoms with van der Waals surface area (Å²) in [6.07, 6.45) is 7.95. The van der Waals surface area contributed by atoms with Gasteiger partial charge < -0.3 is 14.2 Å². The standard InChI is InChI=1S/C34H31N5O4S/c1-2-3-4-10-19-41-26-17-15-23(16-18-26)31-24(21-38(36-31)25-11-6-5-7-12-25)20-30-33(40)39-34(44-30)35-32(37-39)29-22-42-27-13-8-9-14-28(27)43-29/h5-9,11-18,20-21,29H,2-4,10,19,22H2,1H3. The van der Waals surface area contributed by atoms with Crippen LogP contribution in [-0.2, 0) is 0 Å². The molecule has 0 radical (unpaired) electrons. The summed E-state index contributed by atoms with van der Waals surface area (Å²) < 4.78 is 21.5. The second kappa shape index (κ2) is 12.3. The van der Waals surface area contributed by atoms with Crippen LogP contribution in [0.5, 0.6) is 17.2 Å². The summed E-state index contributed by atoms with van der Waals surface area (Å²) in [5, 5.41) is 9.41. The van der Waals surface area contributed by atoms with Crippen molar-refractivity contribution in [2.24, 2.45) is 0 Å². The average Bonchev–Trinajstić information content (AvgIpc) is 3.76. The van der Waals surface area contributed by atoms with Crippen molar-refractivity contribution in [3.8, 4) is 34.2 Å². The Kier molecular flexibility index (Phi) is 7.81. The Bertz CT molecular complexity index is 2000. The highest BCUT2D eigenvalue weighted by atomic mass is 32.1. The quantitative estimate of drug-likeness (QED) is 0.176. The van der Waals surface area contributed by atoms with E-state index in [1.54, 1.807) is 0 Å². The third-order valence-corrected chi connectivity index (χ3v) is 8.40. The number of fused-ring (bicyclic) bond motifs is 2. The van der Waals surface area contributed by atoms with E-state index in [-0.39, 0.29) is 12.2 Å². The minimum atomic E-state index is -0.497. The Morgan fingerprint density at radius 1 is 0.955 bits per heavy atom. The third-order valence-electron chi connectivity index (χ3n) is 7.44. The fourth-order valence-corrected chi connectivity index (χ4v) is 6.04. The molecule has 1 unspecified atom stereocenters. The lowest BCUT2D eigenvalue weighted by Crippen LogP contribution is -2.26. The molecule has 3 aromatic carbocycles. The molecule has 0 amide bonds. The molecule has 6 aromatic rings. The first-order chi connectivity index (χ1) is 21.7. The van der Waals surface area contributed by atoms with Gasteiger partial charge in [0, 0.05) is 17.3 Å². The molecular formula is C34H31N5O4S. The molecule has 0 fully saturated rings. The zero-order chi connectivity index (χ0) is 29.9. The van der Waals surface area contributed by atoms with Gasteiger partial charge in [-0.05, 0) is 61.0 Å². The molecule has 1 atom stereocenters. The molecule has 10 heteroatoms. The molecular weight excluding hydrogens is 574 g/mol. The molecule has 7 rings (SSSR count). The van der Waals surface area contributed by atoms with Crippen LogP contribution in [0.1, 0.15) is 50.1 Å². The predicted octanol–water partition coefficient (Wildman–Crippen LogP) is 6.02. The number of rotatable bonds is 10. The van der Waals surface area contributed by atoms with Crippen LogP contribution in [0.3, 0.4) is 0 Å². The zero-order valence-electron chi connectivity index (χ0n) is 24.3. The van der Waals surface area contributed by atoms with Crippen LogP contribution >= 0.6 is 11.3 Å². The van der Waals surface area contributed by atoms with E-state index in [2.05, 4.69) is 17.0 Å². The predicted molar refractivity (Wildman–Crippen MR) is 170 cm³/mol. The normalized spacial score (nSPS) is 14.8. The Hall–Kier alpha value is -4.96. The third kappa shape index (κ3) is 5.68. The molecule has 1 aliphatic rings. The van der Waals surface area contributed by atoms with E-state index in [9.17, 15) is 4.79 Å². The van der Waals surface area contributed by atoms with Gasteiger partial charge >= 0.3 is 0 Å². The minimum absolute atomic E-state index is 0.244. The number of hydrogen-bond donors (Lipinski definition) is 0. The van der Waals surface area contributed by atoms with Crippen LogP contribution in [0, 0.1) is 0 Å². The van der Waals surface area contributed by atoms with Gasteiger partial charge in [0.1, 0.15) is 18.1 Å². The van der Waals surface area contributed by atoms with Crippen molar-refractivity contribution in [3.05, 3.63) is 111 Å². The molecule has 0 N–H and O–H groups in total. The second-order valence-corrected chi connectivity index (χ2v) is 11.6. The number of aromatic nitrogens is 5. The lowest BCUT2D eigenvalue weighted by Gasteiger charge is -2.24. The summed E-state index contributed by atoms with van der Waals surface area (Å²) in [6, 6.07) is 25.3. The summed E-state index contributed by atoms with van der Waals surface area (Å²) in [4.78, 5) is 18.6. The number of benzene rings is 3. The van der Waals surface area contributed by atoms with E-state index in [1.807, 2.05) is 95.8 Å². The van der Waals surface area contributed by atoms with Crippen molar-refractivity contribution in [2.75, 3.05) is 13.2 Å². The van der Waals surface area contributed by atoms with E-state index in [4.69, 9.17) is 19.3 Å². The molecule has 0 aliphatic carbocycles. The van der Waals surface area contributed by atoms with Crippen LogP contribution in [0.25, 0.3) is 28.0 Å². The van der Waals surface area contributed by atoms with Crippen molar-refractivity contribution in [1.82, 2.24) is 24.4 Å². The van der Waals surface area contributed by atoms with Gasteiger partial charge in [0.05, 0.1) is 16.8 Å². The molecule has 4 heterocycles. The number of hydrogen-bond acceptors (Lipinski definition) is 8. The smallest absolute Gasteiger partial charge is 0.291 e. The van der Waals surface area contributed by atoms with Crippen molar-refractivity contribution >= 4 is 22.4 Å². The molecule has 44 heavy (non-hydrogen) atoms. The van der Waals surface area contributed by atoms with Crippen LogP contribution < -0.4 is 24.3 Å². The van der Waals surface area contributed by atoms with Gasteiger partial charge in [-0.1, -0.05) is 67.9 Å². The topological polar surface area (TPSA) is 92.8 Å². The van der Waals surface area contributed by atoms with Crippen molar-refractivity contribution in [2.45, 2.75) is 38.7 Å². The molecule has 3 aromatic heterocycles. The van der Waals surface area contributed by atoms with Crippen molar-refractivity contribution < 1.29 is 14.2 Å². The monoisotopic (exact) mass is 605 g/mol. The van der Waals surface area contributed by atoms with Crippen molar-refractivity contribution in [1.29, 1.82) is 0 Å². The maximum absolute atomic E-state index is 13.5. The van der Waals surface area contributed by atoms with Crippen LogP contribution in [-0.4, -0.2) is 37.6 Å². The van der Waals surface area contributed by atoms with E-state index in [0.29, 0.717) is 33.4 Å². The SMILES string of the molecule is CCCCCCOc1ccc(-c2nn(-c3ccccc3)cc2C=c2sc3nc(C4COc5ccccc5O4)nn3c2=O)cc1. The highest BCUT2D eigenvalue weighted by Gasteiger charge is 2.27. The Labute approximate surface area is 258 Å². The van der Waals surface area contributed by atoms with E-state index in [0.717, 1.165) is 34.7 Å². The van der Waals surface area contributed by atoms with E-state index < -0.39 is 6.10 Å². The molecule has 0 bridgehead atoms. The molecule has 222 valence electrons. The first kappa shape index (κ1) is 27.8. The number of para-hydroxylation sites is 3. The first-order valence-electron chi connectivity index (χ1n) is 14.8. The number of unbranched alkanes of at least 4 members (excludes halogenated alkanes) is 3.